The van der Waals surface area contributed by atoms with Gasteiger partial charge in [0.15, 0.2) is 0 Å². The van der Waals surface area contributed by atoms with Crippen LogP contribution in [0.5, 0.6) is 0 Å². The van der Waals surface area contributed by atoms with Gasteiger partial charge in [-0.2, -0.15) is 0 Å². The SMILES string of the molecule is C=CCCCCC(=O)NCC[N+](CCO)(CCC(C)C(=O)[O-])CCC(C)C(=O)O. The Labute approximate surface area is 174 Å². The summed E-state index contributed by atoms with van der Waals surface area (Å²) in [5, 5.41) is 32.7. The number of amides is 1. The van der Waals surface area contributed by atoms with Crippen molar-refractivity contribution >= 4 is 17.8 Å². The summed E-state index contributed by atoms with van der Waals surface area (Å²) in [6.45, 7) is 8.99. The summed E-state index contributed by atoms with van der Waals surface area (Å²) in [5.74, 6) is -3.23. The molecule has 8 heteroatoms. The number of carbonyl (C=O) groups excluding carboxylic acids is 2. The molecule has 0 aliphatic carbocycles. The lowest BCUT2D eigenvalue weighted by Crippen LogP contribution is -2.55. The number of hydrogen-bond donors (Lipinski definition) is 3. The van der Waals surface area contributed by atoms with Gasteiger partial charge in [0.2, 0.25) is 5.91 Å². The van der Waals surface area contributed by atoms with Gasteiger partial charge < -0.3 is 29.9 Å². The fourth-order valence-electron chi connectivity index (χ4n) is 3.15. The van der Waals surface area contributed by atoms with Gasteiger partial charge in [-0.05, 0) is 19.3 Å². The third kappa shape index (κ3) is 12.3. The van der Waals surface area contributed by atoms with Crippen LogP contribution in [-0.2, 0) is 14.4 Å². The second kappa shape index (κ2) is 15.0. The first-order chi connectivity index (χ1) is 13.7. The molecule has 0 aliphatic rings. The quantitative estimate of drug-likeness (QED) is 0.171. The van der Waals surface area contributed by atoms with Crippen LogP contribution in [0.25, 0.3) is 0 Å². The van der Waals surface area contributed by atoms with Crippen molar-refractivity contribution in [2.45, 2.75) is 52.4 Å². The molecule has 168 valence electrons. The Bertz CT molecular complexity index is 499. The van der Waals surface area contributed by atoms with E-state index in [1.807, 2.05) is 6.08 Å². The molecular formula is C21H38N2O6. The highest BCUT2D eigenvalue weighted by atomic mass is 16.4. The lowest BCUT2D eigenvalue weighted by molar-refractivity contribution is -0.928. The zero-order chi connectivity index (χ0) is 22.3. The van der Waals surface area contributed by atoms with Crippen molar-refractivity contribution in [1.82, 2.24) is 5.32 Å². The Hall–Kier alpha value is -1.93. The van der Waals surface area contributed by atoms with E-state index in [2.05, 4.69) is 11.9 Å². The van der Waals surface area contributed by atoms with Gasteiger partial charge in [-0.25, -0.2) is 0 Å². The molecule has 0 saturated carbocycles. The third-order valence-electron chi connectivity index (χ3n) is 5.44. The minimum Gasteiger partial charge on any atom is -0.550 e. The zero-order valence-electron chi connectivity index (χ0n) is 17.9. The highest BCUT2D eigenvalue weighted by Crippen LogP contribution is 2.16. The van der Waals surface area contributed by atoms with Gasteiger partial charge in [0, 0.05) is 31.1 Å². The number of aliphatic carboxylic acids is 2. The van der Waals surface area contributed by atoms with E-state index in [0.29, 0.717) is 56.5 Å². The molecule has 0 aromatic heterocycles. The van der Waals surface area contributed by atoms with E-state index in [1.54, 1.807) is 13.8 Å². The van der Waals surface area contributed by atoms with E-state index in [-0.39, 0.29) is 12.5 Å². The van der Waals surface area contributed by atoms with Gasteiger partial charge >= 0.3 is 5.97 Å². The molecule has 3 unspecified atom stereocenters. The van der Waals surface area contributed by atoms with Crippen LogP contribution in [-0.4, -0.2) is 71.9 Å². The first-order valence-electron chi connectivity index (χ1n) is 10.4. The third-order valence-corrected chi connectivity index (χ3v) is 5.44. The predicted molar refractivity (Wildman–Crippen MR) is 109 cm³/mol. The number of carboxylic acids is 2. The standard InChI is InChI=1S/C21H38N2O6/c1-4-5-6-7-8-19(25)22-11-14-23(15-16-24,12-9-17(2)20(26)27)13-10-18(3)21(28)29/h4,17-18,24H,1,5-16H2,2-3H3,(H2-,22,25,26,27,28,29). The maximum atomic E-state index is 12.0. The highest BCUT2D eigenvalue weighted by Gasteiger charge is 2.29. The molecule has 3 atom stereocenters. The molecule has 0 rings (SSSR count). The fourth-order valence-corrected chi connectivity index (χ4v) is 3.15. The lowest BCUT2D eigenvalue weighted by atomic mass is 10.0. The van der Waals surface area contributed by atoms with Gasteiger partial charge in [-0.1, -0.05) is 19.9 Å². The summed E-state index contributed by atoms with van der Waals surface area (Å²) in [5.41, 5.74) is 0. The molecule has 0 aromatic rings. The number of aliphatic hydroxyl groups excluding tert-OH is 1. The first-order valence-corrected chi connectivity index (χ1v) is 10.4. The Morgan fingerprint density at radius 3 is 2.21 bits per heavy atom. The Morgan fingerprint density at radius 1 is 1.07 bits per heavy atom. The van der Waals surface area contributed by atoms with Gasteiger partial charge in [-0.3, -0.25) is 9.59 Å². The van der Waals surface area contributed by atoms with Crippen LogP contribution in [0.2, 0.25) is 0 Å². The molecule has 0 aliphatic heterocycles. The van der Waals surface area contributed by atoms with E-state index < -0.39 is 23.8 Å². The molecule has 1 amide bonds. The topological polar surface area (TPSA) is 127 Å². The van der Waals surface area contributed by atoms with Crippen molar-refractivity contribution in [3.05, 3.63) is 12.7 Å². The molecular weight excluding hydrogens is 376 g/mol. The van der Waals surface area contributed by atoms with Crippen molar-refractivity contribution in [3.63, 3.8) is 0 Å². The summed E-state index contributed by atoms with van der Waals surface area (Å²) < 4.78 is 0.364. The number of carboxylic acid groups (broad SMARTS) is 2. The number of aliphatic hydroxyl groups is 1. The molecule has 0 aromatic carbocycles. The van der Waals surface area contributed by atoms with Gasteiger partial charge in [0.25, 0.3) is 0 Å². The second-order valence-electron chi connectivity index (χ2n) is 7.88. The monoisotopic (exact) mass is 414 g/mol. The molecule has 0 saturated heterocycles. The van der Waals surface area contributed by atoms with Crippen molar-refractivity contribution < 1.29 is 34.2 Å². The average Bonchev–Trinajstić information content (AvgIpc) is 2.67. The van der Waals surface area contributed by atoms with Crippen molar-refractivity contribution in [3.8, 4) is 0 Å². The van der Waals surface area contributed by atoms with Crippen LogP contribution in [0.1, 0.15) is 52.4 Å². The van der Waals surface area contributed by atoms with Crippen LogP contribution in [0.15, 0.2) is 12.7 Å². The summed E-state index contributed by atoms with van der Waals surface area (Å²) in [6.07, 6.45) is 5.60. The van der Waals surface area contributed by atoms with Gasteiger partial charge in [0.1, 0.15) is 6.54 Å². The molecule has 29 heavy (non-hydrogen) atoms. The van der Waals surface area contributed by atoms with Crippen LogP contribution >= 0.6 is 0 Å². The molecule has 8 nitrogen and oxygen atoms in total. The van der Waals surface area contributed by atoms with Crippen LogP contribution < -0.4 is 10.4 Å². The lowest BCUT2D eigenvalue weighted by Gasteiger charge is -2.40. The van der Waals surface area contributed by atoms with Gasteiger partial charge in [-0.15, -0.1) is 6.58 Å². The smallest absolute Gasteiger partial charge is 0.306 e. The maximum absolute atomic E-state index is 12.0. The summed E-state index contributed by atoms with van der Waals surface area (Å²) in [6, 6.07) is 0. The number of rotatable bonds is 18. The summed E-state index contributed by atoms with van der Waals surface area (Å²) in [7, 11) is 0. The molecule has 0 bridgehead atoms. The summed E-state index contributed by atoms with van der Waals surface area (Å²) in [4.78, 5) is 34.2. The summed E-state index contributed by atoms with van der Waals surface area (Å²) >= 11 is 0. The molecule has 0 radical (unpaired) electrons. The number of unbranched alkanes of at least 4 members (excludes halogenated alkanes) is 2. The highest BCUT2D eigenvalue weighted by molar-refractivity contribution is 5.75. The number of allylic oxidation sites excluding steroid dienone is 1. The maximum Gasteiger partial charge on any atom is 0.306 e. The largest absolute Gasteiger partial charge is 0.550 e. The number of nitrogens with one attached hydrogen (secondary N) is 1. The van der Waals surface area contributed by atoms with E-state index >= 15 is 0 Å². The average molecular weight is 415 g/mol. The minimum absolute atomic E-state index is 0.0434. The zero-order valence-corrected chi connectivity index (χ0v) is 17.9. The predicted octanol–water partition coefficient (Wildman–Crippen LogP) is 0.545. The van der Waals surface area contributed by atoms with Gasteiger partial charge in [0.05, 0.1) is 38.7 Å². The van der Waals surface area contributed by atoms with Crippen molar-refractivity contribution in [2.75, 3.05) is 39.3 Å². The fraction of sp³-hybridized carbons (Fsp3) is 0.762. The Balaban J connectivity index is 4.91. The first kappa shape index (κ1) is 27.1. The molecule has 0 fully saturated rings. The van der Waals surface area contributed by atoms with E-state index in [1.165, 1.54) is 0 Å². The normalized spacial score (nSPS) is 15.1. The van der Waals surface area contributed by atoms with E-state index in [0.717, 1.165) is 19.3 Å². The Morgan fingerprint density at radius 2 is 1.69 bits per heavy atom. The Kier molecular flexibility index (Phi) is 14.0. The number of nitrogens with zero attached hydrogens (tertiary/aromatic N) is 1. The number of carbonyl (C=O) groups is 3. The van der Waals surface area contributed by atoms with E-state index in [4.69, 9.17) is 5.11 Å². The van der Waals surface area contributed by atoms with Crippen molar-refractivity contribution in [1.29, 1.82) is 0 Å². The van der Waals surface area contributed by atoms with Crippen LogP contribution in [0.3, 0.4) is 0 Å². The molecule has 3 N–H and O–H groups in total. The molecule has 0 spiro atoms. The second-order valence-corrected chi connectivity index (χ2v) is 7.88. The van der Waals surface area contributed by atoms with Crippen LogP contribution in [0.4, 0.5) is 0 Å². The van der Waals surface area contributed by atoms with Crippen LogP contribution in [0, 0.1) is 11.8 Å². The number of quaternary nitrogens is 1. The van der Waals surface area contributed by atoms with Crippen molar-refractivity contribution in [2.24, 2.45) is 11.8 Å². The van der Waals surface area contributed by atoms with E-state index in [9.17, 15) is 24.6 Å². The number of hydrogen-bond acceptors (Lipinski definition) is 5. The molecule has 0 heterocycles. The minimum atomic E-state index is -1.13.